The molecular weight excluding hydrogens is 1300 g/mol. The van der Waals surface area contributed by atoms with E-state index in [0.29, 0.717) is 0 Å². The Hall–Kier alpha value is 0. The quantitative estimate of drug-likeness (QED) is 0.227. The van der Waals surface area contributed by atoms with Crippen molar-refractivity contribution in [2.45, 2.75) is 494 Å². The lowest BCUT2D eigenvalue weighted by Gasteiger charge is -2.57. The summed E-state index contributed by atoms with van der Waals surface area (Å²) in [5, 5.41) is 0. The van der Waals surface area contributed by atoms with Gasteiger partial charge in [-0.1, -0.05) is 244 Å². The summed E-state index contributed by atoms with van der Waals surface area (Å²) in [6.45, 7) is 0. The molecule has 0 aromatic heterocycles. The maximum absolute atomic E-state index is 1.64. The van der Waals surface area contributed by atoms with Crippen LogP contribution in [0.5, 0.6) is 0 Å². The topological polar surface area (TPSA) is 0 Å². The van der Waals surface area contributed by atoms with Crippen molar-refractivity contribution in [1.29, 1.82) is 0 Å². The van der Waals surface area contributed by atoms with Crippen molar-refractivity contribution in [2.75, 3.05) is 0 Å². The Morgan fingerprint density at radius 1 is 0.102 bits per heavy atom. The van der Waals surface area contributed by atoms with Crippen molar-refractivity contribution in [1.82, 2.24) is 0 Å². The van der Waals surface area contributed by atoms with Gasteiger partial charge in [0, 0.05) is 0 Å². The molecule has 0 nitrogen and oxygen atoms in total. The number of fused-ring (bicyclic) bond motifs is 21. The number of hydrogen-bond acceptors (Lipinski definition) is 0. The van der Waals surface area contributed by atoms with Crippen LogP contribution in [0.1, 0.15) is 494 Å². The molecule has 0 amide bonds. The first-order valence-electron chi connectivity index (χ1n) is 53.4. The average Bonchev–Trinajstić information content (AvgIpc) is 1.59. The Morgan fingerprint density at radius 2 is 0.287 bits per heavy atom. The molecular formula is C108H182. The molecule has 24 unspecified atom stereocenters. The molecule has 4 bridgehead atoms. The van der Waals surface area contributed by atoms with Crippen LogP contribution >= 0.6 is 0 Å². The molecule has 0 heteroatoms. The largest absolute Gasteiger partial charge is 0.0533 e. The molecule has 28 saturated carbocycles. The second-order valence-corrected chi connectivity index (χ2v) is 47.9. The van der Waals surface area contributed by atoms with Gasteiger partial charge in [-0.15, -0.1) is 0 Å². The van der Waals surface area contributed by atoms with Gasteiger partial charge in [0.1, 0.15) is 0 Å². The van der Waals surface area contributed by atoms with Gasteiger partial charge in [0.05, 0.1) is 0 Å². The smallest absolute Gasteiger partial charge is 0.0297 e. The Balaban J connectivity index is 0.0000000883. The summed E-state index contributed by atoms with van der Waals surface area (Å²) in [7, 11) is 0. The Labute approximate surface area is 672 Å². The fourth-order valence-corrected chi connectivity index (χ4v) is 36.4. The maximum atomic E-state index is 1.64. The molecule has 0 aromatic rings. The van der Waals surface area contributed by atoms with Crippen molar-refractivity contribution in [3.8, 4) is 0 Å². The van der Waals surface area contributed by atoms with Crippen molar-refractivity contribution in [3.63, 3.8) is 0 Å². The van der Waals surface area contributed by atoms with E-state index in [1.165, 1.54) is 208 Å². The van der Waals surface area contributed by atoms with Gasteiger partial charge in [0.25, 0.3) is 0 Å². The van der Waals surface area contributed by atoms with Crippen molar-refractivity contribution in [2.24, 2.45) is 182 Å². The second kappa shape index (κ2) is 37.5. The standard InChI is InChI=1S/C22H36.C18H30.C17H28.C11H18.C11H20.C10H18.C8H14.C6H10.C5H8/c1-3-7-17-15(5-1)9-11-21-19(17)13-14-20-18-8-4-2-6-16(18)10-12-22(20)21;1-3-7-15-13(5-1)9-11-18-16-8-4-2-6-14(16)10-12-17(15)18;1-2-6-14-12(4-1)8-10-17-15-7-3-5-13(15)9-11-16(14)17;1-3-8-4-2-6-10(8)11-7-9(11)5-1;1-3-7-11(8-4-1)9-5-2-6-10-11;1-2-6-10(7-3-1)8-4-5-9-10;1-2-4-8(5-3-1)6-7-8;1-2-6-3-5(1)4-6;1-4-2-5(1)3-4/h15-22H,1-14H2;13-18H,1-12H2;12-17H,1-11H2;8-11H,1-7H2;1-10H2;1-9H2;1-7H2;5-6H,1-4H2;4-5H,1-3H2. The van der Waals surface area contributed by atoms with Gasteiger partial charge in [0.2, 0.25) is 0 Å². The van der Waals surface area contributed by atoms with E-state index in [1.54, 1.807) is 405 Å². The summed E-state index contributed by atoms with van der Waals surface area (Å²) in [6.07, 6.45) is 121. The average molecular weight is 1480 g/mol. The van der Waals surface area contributed by atoms with Gasteiger partial charge in [-0.3, -0.25) is 0 Å². The highest BCUT2D eigenvalue weighted by Gasteiger charge is 2.55. The first kappa shape index (κ1) is 79.1. The third-order valence-electron chi connectivity index (χ3n) is 42.7. The van der Waals surface area contributed by atoms with Gasteiger partial charge >= 0.3 is 0 Å². The van der Waals surface area contributed by atoms with Crippen LogP contribution in [0, 0.1) is 182 Å². The number of rotatable bonds is 0. The molecule has 0 N–H and O–H groups in total. The predicted octanol–water partition coefficient (Wildman–Crippen LogP) is 33.5. The Bertz CT molecular complexity index is 2510. The van der Waals surface area contributed by atoms with E-state index in [1.807, 2.05) is 0 Å². The molecule has 0 aliphatic heterocycles. The lowest BCUT2D eigenvalue weighted by molar-refractivity contribution is -0.0786. The maximum Gasteiger partial charge on any atom is -0.0297 e. The van der Waals surface area contributed by atoms with E-state index in [4.69, 9.17) is 0 Å². The molecule has 28 fully saturated rings. The van der Waals surface area contributed by atoms with Crippen LogP contribution in [0.15, 0.2) is 0 Å². The molecule has 0 heterocycles. The molecule has 28 rings (SSSR count). The molecule has 28 aliphatic rings. The fourth-order valence-electron chi connectivity index (χ4n) is 36.4. The molecule has 0 aromatic carbocycles. The number of hydrogen-bond donors (Lipinski definition) is 0. The summed E-state index contributed by atoms with van der Waals surface area (Å²) in [4.78, 5) is 0. The monoisotopic (exact) mass is 1480 g/mol. The third kappa shape index (κ3) is 18.8. The first-order valence-corrected chi connectivity index (χ1v) is 53.4. The van der Waals surface area contributed by atoms with Crippen LogP contribution in [0.2, 0.25) is 0 Å². The molecule has 614 valence electrons. The van der Waals surface area contributed by atoms with Gasteiger partial charge < -0.3 is 0 Å². The van der Waals surface area contributed by atoms with E-state index >= 15 is 0 Å². The molecule has 24 atom stereocenters. The highest BCUT2D eigenvalue weighted by atomic mass is 14.6. The third-order valence-corrected chi connectivity index (χ3v) is 42.7. The van der Waals surface area contributed by atoms with E-state index in [2.05, 4.69) is 0 Å². The Kier molecular flexibility index (Phi) is 27.5. The zero-order chi connectivity index (χ0) is 72.1. The van der Waals surface area contributed by atoms with E-state index in [0.717, 1.165) is 63.6 Å². The summed E-state index contributed by atoms with van der Waals surface area (Å²) in [5.74, 6) is 32.9. The van der Waals surface area contributed by atoms with Gasteiger partial charge in [-0.25, -0.2) is 0 Å². The second-order valence-electron chi connectivity index (χ2n) is 47.9. The van der Waals surface area contributed by atoms with Crippen LogP contribution < -0.4 is 0 Å². The summed E-state index contributed by atoms with van der Waals surface area (Å²) < 4.78 is 0. The van der Waals surface area contributed by atoms with Crippen LogP contribution in [0.25, 0.3) is 0 Å². The predicted molar refractivity (Wildman–Crippen MR) is 461 cm³/mol. The van der Waals surface area contributed by atoms with Gasteiger partial charge in [0.15, 0.2) is 0 Å². The van der Waals surface area contributed by atoms with Crippen molar-refractivity contribution < 1.29 is 0 Å². The molecule has 3 spiro atoms. The van der Waals surface area contributed by atoms with Crippen LogP contribution in [0.4, 0.5) is 0 Å². The highest BCUT2D eigenvalue weighted by Crippen LogP contribution is 2.65. The SMILES string of the molecule is C1C2CC1C2.C1CC2CC1C2.C1CC2CCCC2C2CC2C1.C1CCC2(CC1)CC2.C1CCC2(CC1)CCCC2.C1CCC2(CC1)CCCCC2.C1CCC2C(C1)CCC1C2CCC2C3CCCCC3CCC21.C1CCC2C(C1)CCC1C3CCCC3CCC21.C1CCC2C(C1)CCC1C3CCCCC3CCC21. The molecule has 108 heavy (non-hydrogen) atoms. The summed E-state index contributed by atoms with van der Waals surface area (Å²) >= 11 is 0. The fraction of sp³-hybridized carbons (Fsp3) is 1.00. The minimum absolute atomic E-state index is 0.858. The van der Waals surface area contributed by atoms with Crippen LogP contribution in [-0.2, 0) is 0 Å². The molecule has 0 radical (unpaired) electrons. The minimum Gasteiger partial charge on any atom is -0.0533 e. The summed E-state index contributed by atoms with van der Waals surface area (Å²) in [5.41, 5.74) is 2.66. The first-order chi connectivity index (χ1) is 53.4. The van der Waals surface area contributed by atoms with Crippen molar-refractivity contribution >= 4 is 0 Å². The molecule has 28 aliphatic carbocycles. The van der Waals surface area contributed by atoms with Crippen molar-refractivity contribution in [3.05, 3.63) is 0 Å². The van der Waals surface area contributed by atoms with Crippen LogP contribution in [0.3, 0.4) is 0 Å². The van der Waals surface area contributed by atoms with Gasteiger partial charge in [-0.05, 0) is 432 Å². The normalized spacial score (nSPS) is 47.8. The van der Waals surface area contributed by atoms with Crippen LogP contribution in [-0.4, -0.2) is 0 Å². The highest BCUT2D eigenvalue weighted by molar-refractivity contribution is 5.05. The molecule has 0 saturated heterocycles. The van der Waals surface area contributed by atoms with E-state index in [-0.39, 0.29) is 0 Å². The lowest BCUT2D eigenvalue weighted by atomic mass is 9.48. The summed E-state index contributed by atoms with van der Waals surface area (Å²) in [6, 6.07) is 0. The van der Waals surface area contributed by atoms with Gasteiger partial charge in [-0.2, -0.15) is 0 Å². The Morgan fingerprint density at radius 3 is 0.546 bits per heavy atom. The zero-order valence-corrected chi connectivity index (χ0v) is 72.1. The van der Waals surface area contributed by atoms with E-state index < -0.39 is 0 Å². The zero-order valence-electron chi connectivity index (χ0n) is 72.1. The lowest BCUT2D eigenvalue weighted by Crippen LogP contribution is -2.49. The van der Waals surface area contributed by atoms with E-state index in [9.17, 15) is 0 Å². The minimum atomic E-state index is 0.858.